The fraction of sp³-hybridized carbons (Fsp3) is 0.261. The van der Waals surface area contributed by atoms with Crippen molar-refractivity contribution in [2.75, 3.05) is 26.8 Å². The number of methoxy groups -OCH3 is 1. The SMILES string of the molecule is COCCN1CC(=O)NC1=Nc1cc(C(C)c2ccc(-c3ccccc3F)cc2)no1. The number of benzene rings is 2. The molecule has 4 rings (SSSR count). The lowest BCUT2D eigenvalue weighted by atomic mass is 9.95. The number of hydrogen-bond donors (Lipinski definition) is 1. The first-order valence-corrected chi connectivity index (χ1v) is 9.99. The van der Waals surface area contributed by atoms with Crippen LogP contribution >= 0.6 is 0 Å². The Hall–Kier alpha value is -3.52. The second kappa shape index (κ2) is 9.09. The first kappa shape index (κ1) is 20.7. The quantitative estimate of drug-likeness (QED) is 0.628. The van der Waals surface area contributed by atoms with Crippen molar-refractivity contribution >= 4 is 17.8 Å². The third-order valence-corrected chi connectivity index (χ3v) is 5.22. The molecule has 0 bridgehead atoms. The molecule has 7 nitrogen and oxygen atoms in total. The molecule has 1 saturated heterocycles. The van der Waals surface area contributed by atoms with Gasteiger partial charge in [-0.25, -0.2) is 4.39 Å². The van der Waals surface area contributed by atoms with E-state index in [1.807, 2.05) is 37.3 Å². The number of nitrogens with one attached hydrogen (secondary N) is 1. The Bertz CT molecular complexity index is 1090. The average Bonchev–Trinajstić information content (AvgIpc) is 3.38. The lowest BCUT2D eigenvalue weighted by Crippen LogP contribution is -2.32. The minimum absolute atomic E-state index is 0.0462. The maximum Gasteiger partial charge on any atom is 0.253 e. The molecule has 1 fully saturated rings. The van der Waals surface area contributed by atoms with Gasteiger partial charge >= 0.3 is 0 Å². The third kappa shape index (κ3) is 4.64. The van der Waals surface area contributed by atoms with Gasteiger partial charge in [0.2, 0.25) is 11.9 Å². The van der Waals surface area contributed by atoms with Crippen LogP contribution in [0.4, 0.5) is 10.3 Å². The van der Waals surface area contributed by atoms with E-state index < -0.39 is 0 Å². The van der Waals surface area contributed by atoms with Gasteiger partial charge in [-0.1, -0.05) is 54.5 Å². The number of guanidine groups is 1. The fourth-order valence-corrected chi connectivity index (χ4v) is 3.43. The maximum absolute atomic E-state index is 14.0. The van der Waals surface area contributed by atoms with Crippen LogP contribution in [0.25, 0.3) is 11.1 Å². The van der Waals surface area contributed by atoms with Crippen LogP contribution in [0.15, 0.2) is 64.1 Å². The number of rotatable bonds is 7. The number of hydrogen-bond acceptors (Lipinski definition) is 5. The average molecular weight is 422 g/mol. The minimum atomic E-state index is -0.248. The van der Waals surface area contributed by atoms with Crippen LogP contribution in [0.1, 0.15) is 24.1 Å². The molecular weight excluding hydrogens is 399 g/mol. The van der Waals surface area contributed by atoms with Crippen LogP contribution in [-0.2, 0) is 9.53 Å². The number of nitrogens with zero attached hydrogens (tertiary/aromatic N) is 3. The Morgan fingerprint density at radius 1 is 1.26 bits per heavy atom. The molecule has 1 amide bonds. The molecule has 0 saturated carbocycles. The number of ether oxygens (including phenoxy) is 1. The molecule has 0 spiro atoms. The lowest BCUT2D eigenvalue weighted by Gasteiger charge is -2.14. The van der Waals surface area contributed by atoms with E-state index in [1.165, 1.54) is 6.07 Å². The molecule has 160 valence electrons. The number of amides is 1. The predicted octanol–water partition coefficient (Wildman–Crippen LogP) is 3.70. The summed E-state index contributed by atoms with van der Waals surface area (Å²) in [5.41, 5.74) is 3.11. The highest BCUT2D eigenvalue weighted by Crippen LogP contribution is 2.29. The summed E-state index contributed by atoms with van der Waals surface area (Å²) in [5, 5.41) is 6.86. The molecule has 2 aromatic carbocycles. The monoisotopic (exact) mass is 422 g/mol. The van der Waals surface area contributed by atoms with Crippen LogP contribution < -0.4 is 5.32 Å². The van der Waals surface area contributed by atoms with Gasteiger partial charge in [0.1, 0.15) is 12.4 Å². The highest BCUT2D eigenvalue weighted by atomic mass is 19.1. The van der Waals surface area contributed by atoms with Crippen molar-refractivity contribution in [2.45, 2.75) is 12.8 Å². The van der Waals surface area contributed by atoms with Gasteiger partial charge in [0.25, 0.3) is 5.88 Å². The molecular formula is C23H23FN4O3. The predicted molar refractivity (Wildman–Crippen MR) is 115 cm³/mol. The molecule has 0 aliphatic carbocycles. The first-order chi connectivity index (χ1) is 15.0. The van der Waals surface area contributed by atoms with Gasteiger partial charge in [-0.2, -0.15) is 4.99 Å². The van der Waals surface area contributed by atoms with E-state index in [0.29, 0.717) is 36.3 Å². The van der Waals surface area contributed by atoms with Gasteiger partial charge in [0.15, 0.2) is 0 Å². The van der Waals surface area contributed by atoms with Crippen molar-refractivity contribution in [2.24, 2.45) is 4.99 Å². The Morgan fingerprint density at radius 3 is 2.77 bits per heavy atom. The second-order valence-corrected chi connectivity index (χ2v) is 7.31. The van der Waals surface area contributed by atoms with E-state index in [2.05, 4.69) is 15.5 Å². The third-order valence-electron chi connectivity index (χ3n) is 5.22. The number of halogens is 1. The Kier molecular flexibility index (Phi) is 6.08. The summed E-state index contributed by atoms with van der Waals surface area (Å²) in [4.78, 5) is 17.9. The summed E-state index contributed by atoms with van der Waals surface area (Å²) in [6, 6.07) is 16.2. The van der Waals surface area contributed by atoms with Gasteiger partial charge < -0.3 is 14.2 Å². The minimum Gasteiger partial charge on any atom is -0.383 e. The summed E-state index contributed by atoms with van der Waals surface area (Å²) in [7, 11) is 1.61. The summed E-state index contributed by atoms with van der Waals surface area (Å²) in [5.74, 6) is 0.311. The summed E-state index contributed by atoms with van der Waals surface area (Å²) >= 11 is 0. The highest BCUT2D eigenvalue weighted by molar-refractivity contribution is 6.04. The van der Waals surface area contributed by atoms with Crippen molar-refractivity contribution in [3.05, 3.63) is 71.7 Å². The normalized spacial score (nSPS) is 16.0. The molecule has 1 N–H and O–H groups in total. The van der Waals surface area contributed by atoms with Crippen molar-refractivity contribution in [3.63, 3.8) is 0 Å². The standard InChI is InChI=1S/C23H23FN4O3/c1-15(16-7-9-17(10-8-16)18-5-3-4-6-19(18)24)20-13-22(31-27-20)26-23-25-21(29)14-28(23)11-12-30-2/h3-10,13,15H,11-12,14H2,1-2H3,(H,25,26,29). The van der Waals surface area contributed by atoms with Crippen LogP contribution in [0.3, 0.4) is 0 Å². The van der Waals surface area contributed by atoms with Crippen LogP contribution in [0, 0.1) is 5.82 Å². The zero-order valence-electron chi connectivity index (χ0n) is 17.3. The molecule has 1 unspecified atom stereocenters. The van der Waals surface area contributed by atoms with E-state index in [1.54, 1.807) is 30.2 Å². The van der Waals surface area contributed by atoms with Gasteiger partial charge in [0, 0.05) is 31.2 Å². The zero-order chi connectivity index (χ0) is 21.8. The number of aliphatic imine (C=N–C) groups is 1. The van der Waals surface area contributed by atoms with Gasteiger partial charge in [-0.05, 0) is 17.2 Å². The van der Waals surface area contributed by atoms with Crippen LogP contribution in [0.5, 0.6) is 0 Å². The molecule has 1 aliphatic heterocycles. The Balaban J connectivity index is 1.50. The fourth-order valence-electron chi connectivity index (χ4n) is 3.43. The van der Waals surface area contributed by atoms with Crippen LogP contribution in [-0.4, -0.2) is 48.7 Å². The summed E-state index contributed by atoms with van der Waals surface area (Å²) < 4.78 is 24.5. The van der Waals surface area contributed by atoms with Crippen molar-refractivity contribution in [1.82, 2.24) is 15.4 Å². The summed E-state index contributed by atoms with van der Waals surface area (Å²) in [6.45, 7) is 3.26. The largest absolute Gasteiger partial charge is 0.383 e. The van der Waals surface area contributed by atoms with Crippen molar-refractivity contribution < 1.29 is 18.4 Å². The van der Waals surface area contributed by atoms with Crippen molar-refractivity contribution in [3.8, 4) is 11.1 Å². The number of aromatic nitrogens is 1. The molecule has 8 heteroatoms. The van der Waals surface area contributed by atoms with E-state index >= 15 is 0 Å². The molecule has 1 aliphatic rings. The lowest BCUT2D eigenvalue weighted by molar-refractivity contribution is -0.118. The van der Waals surface area contributed by atoms with Gasteiger partial charge in [0.05, 0.1) is 12.3 Å². The van der Waals surface area contributed by atoms with Crippen LogP contribution in [0.2, 0.25) is 0 Å². The van der Waals surface area contributed by atoms with Crippen molar-refractivity contribution in [1.29, 1.82) is 0 Å². The zero-order valence-corrected chi connectivity index (χ0v) is 17.3. The first-order valence-electron chi connectivity index (χ1n) is 9.99. The summed E-state index contributed by atoms with van der Waals surface area (Å²) in [6.07, 6.45) is 0. The molecule has 1 atom stereocenters. The van der Waals surface area contributed by atoms with Gasteiger partial charge in [-0.3, -0.25) is 10.1 Å². The molecule has 2 heterocycles. The van der Waals surface area contributed by atoms with E-state index in [9.17, 15) is 9.18 Å². The maximum atomic E-state index is 14.0. The Morgan fingerprint density at radius 2 is 2.03 bits per heavy atom. The molecule has 1 aromatic heterocycles. The number of carbonyl (C=O) groups excluding carboxylic acids is 1. The Labute approximate surface area is 179 Å². The smallest absolute Gasteiger partial charge is 0.253 e. The molecule has 31 heavy (non-hydrogen) atoms. The second-order valence-electron chi connectivity index (χ2n) is 7.31. The van der Waals surface area contributed by atoms with E-state index in [0.717, 1.165) is 11.1 Å². The van der Waals surface area contributed by atoms with E-state index in [4.69, 9.17) is 9.26 Å². The van der Waals surface area contributed by atoms with E-state index in [-0.39, 0.29) is 24.2 Å². The number of carbonyl (C=O) groups is 1. The molecule has 0 radical (unpaired) electrons. The topological polar surface area (TPSA) is 80.0 Å². The molecule has 3 aromatic rings. The highest BCUT2D eigenvalue weighted by Gasteiger charge is 2.25. The van der Waals surface area contributed by atoms with Gasteiger partial charge in [-0.15, -0.1) is 0 Å².